The van der Waals surface area contributed by atoms with Crippen molar-refractivity contribution in [2.45, 2.75) is 13.3 Å². The number of rotatable bonds is 1. The lowest BCUT2D eigenvalue weighted by molar-refractivity contribution is 0.116. The van der Waals surface area contributed by atoms with Crippen LogP contribution in [0.2, 0.25) is 0 Å². The monoisotopic (exact) mass is 180 g/mol. The average molecular weight is 180 g/mol. The fraction of sp³-hybridized carbons (Fsp3) is 0.556. The fourth-order valence-corrected chi connectivity index (χ4v) is 1.26. The zero-order valence-electron chi connectivity index (χ0n) is 7.62. The molecule has 0 saturated carbocycles. The van der Waals surface area contributed by atoms with E-state index in [1.165, 1.54) is 6.08 Å². The third-order valence-corrected chi connectivity index (χ3v) is 1.89. The third-order valence-electron chi connectivity index (χ3n) is 1.89. The summed E-state index contributed by atoms with van der Waals surface area (Å²) in [4.78, 5) is 12.8. The summed E-state index contributed by atoms with van der Waals surface area (Å²) in [6.45, 7) is 3.37. The standard InChI is InChI=1S/C9H12N2O2/c1-2-13-9(12)11-6-4-8(7-11)3-5-10/h3H,2,4,6-7H2,1H3/b8-3-. The molecule has 0 atom stereocenters. The van der Waals surface area contributed by atoms with Crippen LogP contribution >= 0.6 is 0 Å². The van der Waals surface area contributed by atoms with Crippen LogP contribution in [-0.4, -0.2) is 30.7 Å². The second kappa shape index (κ2) is 4.51. The molecule has 13 heavy (non-hydrogen) atoms. The molecule has 0 aromatic carbocycles. The zero-order valence-corrected chi connectivity index (χ0v) is 7.62. The van der Waals surface area contributed by atoms with Crippen molar-refractivity contribution >= 4 is 6.09 Å². The molecule has 1 fully saturated rings. The van der Waals surface area contributed by atoms with Gasteiger partial charge in [-0.3, -0.25) is 0 Å². The highest BCUT2D eigenvalue weighted by atomic mass is 16.6. The largest absolute Gasteiger partial charge is 0.450 e. The van der Waals surface area contributed by atoms with E-state index in [-0.39, 0.29) is 6.09 Å². The molecule has 0 unspecified atom stereocenters. The van der Waals surface area contributed by atoms with Crippen LogP contribution in [0.15, 0.2) is 11.6 Å². The molecule has 1 rings (SSSR count). The molecule has 4 heteroatoms. The van der Waals surface area contributed by atoms with E-state index in [0.29, 0.717) is 19.7 Å². The summed E-state index contributed by atoms with van der Waals surface area (Å²) in [6, 6.07) is 1.96. The van der Waals surface area contributed by atoms with Gasteiger partial charge >= 0.3 is 6.09 Å². The minimum atomic E-state index is -0.288. The maximum Gasteiger partial charge on any atom is 0.410 e. The van der Waals surface area contributed by atoms with Gasteiger partial charge < -0.3 is 9.64 Å². The first-order valence-corrected chi connectivity index (χ1v) is 4.27. The van der Waals surface area contributed by atoms with E-state index < -0.39 is 0 Å². The maximum absolute atomic E-state index is 11.2. The number of allylic oxidation sites excluding steroid dienone is 1. The topological polar surface area (TPSA) is 53.3 Å². The van der Waals surface area contributed by atoms with E-state index in [2.05, 4.69) is 0 Å². The summed E-state index contributed by atoms with van der Waals surface area (Å²) < 4.78 is 4.83. The van der Waals surface area contributed by atoms with Crippen molar-refractivity contribution in [1.82, 2.24) is 4.90 Å². The molecule has 4 nitrogen and oxygen atoms in total. The second-order valence-corrected chi connectivity index (χ2v) is 2.80. The quantitative estimate of drug-likeness (QED) is 0.571. The van der Waals surface area contributed by atoms with Crippen LogP contribution in [0.3, 0.4) is 0 Å². The van der Waals surface area contributed by atoms with Gasteiger partial charge in [0.1, 0.15) is 0 Å². The molecule has 0 aromatic heterocycles. The molecule has 1 aliphatic heterocycles. The SMILES string of the molecule is CCOC(=O)N1CC/C(=C/C#N)C1. The highest BCUT2D eigenvalue weighted by Gasteiger charge is 2.21. The first-order valence-electron chi connectivity index (χ1n) is 4.27. The fourth-order valence-electron chi connectivity index (χ4n) is 1.26. The minimum Gasteiger partial charge on any atom is -0.450 e. The summed E-state index contributed by atoms with van der Waals surface area (Å²) in [5, 5.41) is 8.39. The summed E-state index contributed by atoms with van der Waals surface area (Å²) in [6.07, 6.45) is 2.00. The average Bonchev–Trinajstić information content (AvgIpc) is 2.54. The number of nitrogens with zero attached hydrogens (tertiary/aromatic N) is 2. The number of carbonyl (C=O) groups excluding carboxylic acids is 1. The van der Waals surface area contributed by atoms with Gasteiger partial charge in [0.25, 0.3) is 0 Å². The van der Waals surface area contributed by atoms with Crippen LogP contribution in [0, 0.1) is 11.3 Å². The van der Waals surface area contributed by atoms with E-state index in [4.69, 9.17) is 10.00 Å². The maximum atomic E-state index is 11.2. The second-order valence-electron chi connectivity index (χ2n) is 2.80. The number of amides is 1. The molecular weight excluding hydrogens is 168 g/mol. The molecule has 0 bridgehead atoms. The smallest absolute Gasteiger partial charge is 0.410 e. The van der Waals surface area contributed by atoms with Gasteiger partial charge in [-0.2, -0.15) is 5.26 Å². The normalized spacial score (nSPS) is 18.8. The Morgan fingerprint density at radius 2 is 2.62 bits per heavy atom. The number of ether oxygens (including phenoxy) is 1. The number of hydrogen-bond donors (Lipinski definition) is 0. The number of nitriles is 1. The molecule has 0 spiro atoms. The van der Waals surface area contributed by atoms with Gasteiger partial charge in [-0.05, 0) is 18.9 Å². The van der Waals surface area contributed by atoms with Gasteiger partial charge in [-0.15, -0.1) is 0 Å². The summed E-state index contributed by atoms with van der Waals surface area (Å²) in [5.74, 6) is 0. The van der Waals surface area contributed by atoms with Crippen molar-refractivity contribution in [3.8, 4) is 6.07 Å². The van der Waals surface area contributed by atoms with Crippen LogP contribution in [0.25, 0.3) is 0 Å². The number of likely N-dealkylation sites (tertiary alicyclic amines) is 1. The van der Waals surface area contributed by atoms with Gasteiger partial charge in [0.05, 0.1) is 12.7 Å². The van der Waals surface area contributed by atoms with E-state index in [9.17, 15) is 4.79 Å². The Bertz CT molecular complexity index is 265. The molecule has 0 aromatic rings. The van der Waals surface area contributed by atoms with Gasteiger partial charge in [0.15, 0.2) is 0 Å². The van der Waals surface area contributed by atoms with Crippen molar-refractivity contribution in [2.75, 3.05) is 19.7 Å². The van der Waals surface area contributed by atoms with Crippen LogP contribution in [0.1, 0.15) is 13.3 Å². The molecule has 1 heterocycles. The van der Waals surface area contributed by atoms with E-state index >= 15 is 0 Å². The lowest BCUT2D eigenvalue weighted by Crippen LogP contribution is -2.28. The first kappa shape index (κ1) is 9.59. The van der Waals surface area contributed by atoms with Gasteiger partial charge in [0, 0.05) is 19.2 Å². The van der Waals surface area contributed by atoms with Gasteiger partial charge in [0.2, 0.25) is 0 Å². The Hall–Kier alpha value is -1.50. The van der Waals surface area contributed by atoms with Crippen LogP contribution < -0.4 is 0 Å². The predicted molar refractivity (Wildman–Crippen MR) is 46.9 cm³/mol. The molecule has 1 aliphatic rings. The summed E-state index contributed by atoms with van der Waals surface area (Å²) in [7, 11) is 0. The van der Waals surface area contributed by atoms with E-state index in [1.54, 1.807) is 11.8 Å². The Labute approximate surface area is 77.4 Å². The highest BCUT2D eigenvalue weighted by molar-refractivity contribution is 5.68. The van der Waals surface area contributed by atoms with E-state index in [1.807, 2.05) is 6.07 Å². The van der Waals surface area contributed by atoms with Crippen LogP contribution in [-0.2, 0) is 4.74 Å². The summed E-state index contributed by atoms with van der Waals surface area (Å²) >= 11 is 0. The van der Waals surface area contributed by atoms with Crippen molar-refractivity contribution in [3.05, 3.63) is 11.6 Å². The Morgan fingerprint density at radius 1 is 1.85 bits per heavy atom. The van der Waals surface area contributed by atoms with Crippen molar-refractivity contribution in [1.29, 1.82) is 5.26 Å². The Morgan fingerprint density at radius 3 is 3.23 bits per heavy atom. The van der Waals surface area contributed by atoms with Gasteiger partial charge in [-0.25, -0.2) is 4.79 Å². The molecule has 70 valence electrons. The lowest BCUT2D eigenvalue weighted by Gasteiger charge is -2.13. The van der Waals surface area contributed by atoms with Crippen LogP contribution in [0.4, 0.5) is 4.79 Å². The Kier molecular flexibility index (Phi) is 3.32. The third kappa shape index (κ3) is 2.48. The van der Waals surface area contributed by atoms with Gasteiger partial charge in [-0.1, -0.05) is 0 Å². The molecule has 1 saturated heterocycles. The molecule has 0 N–H and O–H groups in total. The Balaban J connectivity index is 2.46. The van der Waals surface area contributed by atoms with Crippen molar-refractivity contribution in [3.63, 3.8) is 0 Å². The predicted octanol–water partition coefficient (Wildman–Crippen LogP) is 1.30. The van der Waals surface area contributed by atoms with E-state index in [0.717, 1.165) is 12.0 Å². The number of carbonyl (C=O) groups is 1. The molecule has 1 amide bonds. The lowest BCUT2D eigenvalue weighted by atomic mass is 10.2. The molecule has 0 radical (unpaired) electrons. The molecule has 0 aliphatic carbocycles. The first-order chi connectivity index (χ1) is 6.27. The van der Waals surface area contributed by atoms with Crippen molar-refractivity contribution in [2.24, 2.45) is 0 Å². The zero-order chi connectivity index (χ0) is 9.68. The minimum absolute atomic E-state index is 0.288. The van der Waals surface area contributed by atoms with Crippen molar-refractivity contribution < 1.29 is 9.53 Å². The summed E-state index contributed by atoms with van der Waals surface area (Å²) in [5.41, 5.74) is 0.996. The number of hydrogen-bond acceptors (Lipinski definition) is 3. The molecular formula is C9H12N2O2. The van der Waals surface area contributed by atoms with Crippen LogP contribution in [0.5, 0.6) is 0 Å². The highest BCUT2D eigenvalue weighted by Crippen LogP contribution is 2.15.